The zero-order chi connectivity index (χ0) is 20.9. The van der Waals surface area contributed by atoms with E-state index in [1.165, 1.54) is 4.31 Å². The number of fused-ring (bicyclic) bond motifs is 1. The quantitative estimate of drug-likeness (QED) is 0.608. The monoisotopic (exact) mass is 414 g/mol. The highest BCUT2D eigenvalue weighted by Crippen LogP contribution is 2.35. The summed E-state index contributed by atoms with van der Waals surface area (Å²) in [6, 6.07) is 8.77. The summed E-state index contributed by atoms with van der Waals surface area (Å²) >= 11 is 0. The molecule has 1 aromatic heterocycles. The number of aliphatic hydroxyl groups is 1. The molecule has 4 rings (SSSR count). The third-order valence-corrected chi connectivity index (χ3v) is 7.84. The van der Waals surface area contributed by atoms with E-state index >= 15 is 0 Å². The number of aryl methyl sites for hydroxylation is 2. The first-order valence-corrected chi connectivity index (χ1v) is 11.2. The van der Waals surface area contributed by atoms with E-state index in [0.29, 0.717) is 18.8 Å². The molecule has 2 atom stereocenters. The smallest absolute Gasteiger partial charge is 0.243 e. The summed E-state index contributed by atoms with van der Waals surface area (Å²) in [6.07, 6.45) is 0.749. The van der Waals surface area contributed by atoms with Gasteiger partial charge in [-0.05, 0) is 74.1 Å². The molecule has 7 nitrogen and oxygen atoms in total. The fourth-order valence-corrected chi connectivity index (χ4v) is 6.23. The van der Waals surface area contributed by atoms with Crippen molar-refractivity contribution in [2.75, 3.05) is 12.3 Å². The van der Waals surface area contributed by atoms with Gasteiger partial charge in [-0.1, -0.05) is 12.1 Å². The van der Waals surface area contributed by atoms with Crippen molar-refractivity contribution in [1.29, 1.82) is 0 Å². The largest absolute Gasteiger partial charge is 0.392 e. The SMILES string of the molecule is Cc1cc(S(=O)(=O)N2CCCC2C(C)O)ccc1-c1ccc2[nH]nc(N)c2c1C. The molecule has 1 aliphatic heterocycles. The minimum atomic E-state index is -3.66. The maximum Gasteiger partial charge on any atom is 0.243 e. The number of hydrogen-bond acceptors (Lipinski definition) is 5. The van der Waals surface area contributed by atoms with E-state index in [-0.39, 0.29) is 10.9 Å². The van der Waals surface area contributed by atoms with Crippen LogP contribution in [0.4, 0.5) is 5.82 Å². The predicted molar refractivity (Wildman–Crippen MR) is 114 cm³/mol. The lowest BCUT2D eigenvalue weighted by Crippen LogP contribution is -2.41. The van der Waals surface area contributed by atoms with Gasteiger partial charge in [0.2, 0.25) is 10.0 Å². The Bertz CT molecular complexity index is 1180. The number of aromatic amines is 1. The maximum absolute atomic E-state index is 13.2. The van der Waals surface area contributed by atoms with E-state index in [9.17, 15) is 13.5 Å². The number of anilines is 1. The zero-order valence-electron chi connectivity index (χ0n) is 16.8. The molecule has 0 aliphatic carbocycles. The second kappa shape index (κ2) is 7.12. The molecule has 1 saturated heterocycles. The van der Waals surface area contributed by atoms with Gasteiger partial charge in [-0.15, -0.1) is 0 Å². The number of hydrogen-bond donors (Lipinski definition) is 3. The van der Waals surface area contributed by atoms with Gasteiger partial charge in [0.15, 0.2) is 5.82 Å². The summed E-state index contributed by atoms with van der Waals surface area (Å²) in [5, 5.41) is 17.9. The van der Waals surface area contributed by atoms with Gasteiger partial charge in [0.1, 0.15) is 0 Å². The number of aliphatic hydroxyl groups excluding tert-OH is 1. The van der Waals surface area contributed by atoms with Crippen molar-refractivity contribution in [2.45, 2.75) is 50.7 Å². The van der Waals surface area contributed by atoms with Crippen LogP contribution in [0.2, 0.25) is 0 Å². The van der Waals surface area contributed by atoms with Gasteiger partial charge in [0.25, 0.3) is 0 Å². The molecule has 0 amide bonds. The lowest BCUT2D eigenvalue weighted by molar-refractivity contribution is 0.123. The maximum atomic E-state index is 13.2. The number of aromatic nitrogens is 2. The van der Waals surface area contributed by atoms with Crippen molar-refractivity contribution in [1.82, 2.24) is 14.5 Å². The summed E-state index contributed by atoms with van der Waals surface area (Å²) in [7, 11) is -3.66. The number of sulfonamides is 1. The van der Waals surface area contributed by atoms with Gasteiger partial charge >= 0.3 is 0 Å². The molecule has 4 N–H and O–H groups in total. The van der Waals surface area contributed by atoms with Crippen LogP contribution in [0, 0.1) is 13.8 Å². The van der Waals surface area contributed by atoms with E-state index in [4.69, 9.17) is 5.73 Å². The zero-order valence-corrected chi connectivity index (χ0v) is 17.6. The lowest BCUT2D eigenvalue weighted by atomic mass is 9.94. The first kappa shape index (κ1) is 19.9. The Morgan fingerprint density at radius 1 is 1.24 bits per heavy atom. The molecule has 154 valence electrons. The molecule has 1 fully saturated rings. The van der Waals surface area contributed by atoms with E-state index < -0.39 is 16.1 Å². The number of H-pyrrole nitrogens is 1. The Morgan fingerprint density at radius 3 is 2.66 bits per heavy atom. The first-order valence-electron chi connectivity index (χ1n) is 9.76. The van der Waals surface area contributed by atoms with Gasteiger partial charge in [0, 0.05) is 11.9 Å². The fourth-order valence-electron chi connectivity index (χ4n) is 4.38. The molecule has 29 heavy (non-hydrogen) atoms. The highest BCUT2D eigenvalue weighted by molar-refractivity contribution is 7.89. The van der Waals surface area contributed by atoms with E-state index in [1.54, 1.807) is 19.1 Å². The van der Waals surface area contributed by atoms with E-state index in [2.05, 4.69) is 10.2 Å². The second-order valence-electron chi connectivity index (χ2n) is 7.81. The molecular weight excluding hydrogens is 388 g/mol. The average Bonchev–Trinajstić information content (AvgIpc) is 3.30. The Hall–Kier alpha value is -2.42. The third-order valence-electron chi connectivity index (χ3n) is 5.92. The van der Waals surface area contributed by atoms with Crippen LogP contribution in [0.3, 0.4) is 0 Å². The van der Waals surface area contributed by atoms with Gasteiger partial charge in [-0.3, -0.25) is 5.10 Å². The summed E-state index contributed by atoms with van der Waals surface area (Å²) in [5.41, 5.74) is 10.7. The first-order chi connectivity index (χ1) is 13.7. The lowest BCUT2D eigenvalue weighted by Gasteiger charge is -2.26. The highest BCUT2D eigenvalue weighted by Gasteiger charge is 2.37. The summed E-state index contributed by atoms with van der Waals surface area (Å²) < 4.78 is 27.8. The van der Waals surface area contributed by atoms with Gasteiger partial charge in [0.05, 0.1) is 22.6 Å². The van der Waals surface area contributed by atoms with Crippen LogP contribution in [0.25, 0.3) is 22.0 Å². The van der Waals surface area contributed by atoms with Gasteiger partial charge in [-0.25, -0.2) is 8.42 Å². The number of rotatable bonds is 4. The summed E-state index contributed by atoms with van der Waals surface area (Å²) in [5.74, 6) is 0.453. The van der Waals surface area contributed by atoms with Crippen molar-refractivity contribution in [3.05, 3.63) is 41.5 Å². The van der Waals surface area contributed by atoms with Crippen LogP contribution in [0.5, 0.6) is 0 Å². The standard InChI is InChI=1S/C21H26N4O3S/c1-12-11-15(29(27,28)25-10-4-5-19(25)14(3)26)6-7-16(12)17-8-9-18-20(13(17)2)21(22)24-23-18/h6-9,11,14,19,26H,4-5,10H2,1-3H3,(H3,22,23,24). The molecule has 2 aromatic carbocycles. The fraction of sp³-hybridized carbons (Fsp3) is 0.381. The molecule has 8 heteroatoms. The van der Waals surface area contributed by atoms with Crippen LogP contribution in [0.1, 0.15) is 30.9 Å². The molecule has 3 aromatic rings. The third kappa shape index (κ3) is 3.21. The van der Waals surface area contributed by atoms with Crippen LogP contribution < -0.4 is 5.73 Å². The van der Waals surface area contributed by atoms with Crippen LogP contribution in [-0.4, -0.2) is 46.7 Å². The Balaban J connectivity index is 1.76. The highest BCUT2D eigenvalue weighted by atomic mass is 32.2. The van der Waals surface area contributed by atoms with Crippen molar-refractivity contribution in [3.63, 3.8) is 0 Å². The van der Waals surface area contributed by atoms with Crippen molar-refractivity contribution in [2.24, 2.45) is 0 Å². The summed E-state index contributed by atoms with van der Waals surface area (Å²) in [4.78, 5) is 0.257. The topological polar surface area (TPSA) is 112 Å². The minimum absolute atomic E-state index is 0.257. The Kier molecular flexibility index (Phi) is 4.88. The molecule has 2 heterocycles. The molecule has 2 unspecified atom stereocenters. The molecule has 0 spiro atoms. The summed E-state index contributed by atoms with van der Waals surface area (Å²) in [6.45, 7) is 5.99. The number of benzene rings is 2. The van der Waals surface area contributed by atoms with E-state index in [0.717, 1.165) is 39.6 Å². The minimum Gasteiger partial charge on any atom is -0.392 e. The molecular formula is C21H26N4O3S. The van der Waals surface area contributed by atoms with E-state index in [1.807, 2.05) is 32.0 Å². The number of nitrogens with zero attached hydrogens (tertiary/aromatic N) is 2. The number of nitrogens with two attached hydrogens (primary N) is 1. The van der Waals surface area contributed by atoms with Crippen LogP contribution in [-0.2, 0) is 10.0 Å². The number of nitrogen functional groups attached to an aromatic ring is 1. The molecule has 0 bridgehead atoms. The van der Waals surface area contributed by atoms with Crippen molar-refractivity contribution < 1.29 is 13.5 Å². The average molecular weight is 415 g/mol. The molecule has 0 saturated carbocycles. The number of nitrogens with one attached hydrogen (secondary N) is 1. The molecule has 1 aliphatic rings. The van der Waals surface area contributed by atoms with Gasteiger partial charge in [-0.2, -0.15) is 9.40 Å². The molecule has 0 radical (unpaired) electrons. The van der Waals surface area contributed by atoms with Gasteiger partial charge < -0.3 is 10.8 Å². The Morgan fingerprint density at radius 2 is 1.97 bits per heavy atom. The predicted octanol–water partition coefficient (Wildman–Crippen LogP) is 2.96. The van der Waals surface area contributed by atoms with Crippen molar-refractivity contribution >= 4 is 26.7 Å². The van der Waals surface area contributed by atoms with Crippen molar-refractivity contribution in [3.8, 4) is 11.1 Å². The normalized spacial score (nSPS) is 19.1. The Labute approximate surface area is 170 Å². The van der Waals surface area contributed by atoms with Crippen LogP contribution >= 0.6 is 0 Å². The van der Waals surface area contributed by atoms with Crippen LogP contribution in [0.15, 0.2) is 35.2 Å². The second-order valence-corrected chi connectivity index (χ2v) is 9.70.